The summed E-state index contributed by atoms with van der Waals surface area (Å²) in [4.78, 5) is 11.6. The largest absolute Gasteiger partial charge is 0.445 e. The van der Waals surface area contributed by atoms with Gasteiger partial charge in [0, 0.05) is 5.39 Å². The van der Waals surface area contributed by atoms with E-state index in [1.54, 1.807) is 6.20 Å². The van der Waals surface area contributed by atoms with Crippen LogP contribution in [-0.4, -0.2) is 22.0 Å². The fourth-order valence-electron chi connectivity index (χ4n) is 1.37. The molecule has 0 aliphatic heterocycles. The number of aromatic nitrogens is 2. The molecule has 1 aromatic heterocycles. The Bertz CT molecular complexity index is 488. The molecule has 0 saturated heterocycles. The Hall–Kier alpha value is -1.84. The van der Waals surface area contributed by atoms with Gasteiger partial charge in [0.25, 0.3) is 0 Å². The van der Waals surface area contributed by atoms with Crippen LogP contribution in [0.1, 0.15) is 13.8 Å². The van der Waals surface area contributed by atoms with Crippen LogP contribution >= 0.6 is 0 Å². The third-order valence-corrected chi connectivity index (χ3v) is 1.99. The molecule has 1 aromatic carbocycles. The lowest BCUT2D eigenvalue weighted by Gasteiger charge is -2.07. The first kappa shape index (κ1) is 9.71. The summed E-state index contributed by atoms with van der Waals surface area (Å²) in [5.41, 5.74) is 0.767. The highest BCUT2D eigenvalue weighted by molar-refractivity contribution is 5.87. The van der Waals surface area contributed by atoms with Gasteiger partial charge < -0.3 is 4.74 Å². The number of carbonyl (C=O) groups is 1. The zero-order chi connectivity index (χ0) is 10.8. The van der Waals surface area contributed by atoms with Crippen molar-refractivity contribution in [2.75, 3.05) is 0 Å². The molecule has 78 valence electrons. The molecular weight excluding hydrogens is 192 g/mol. The smallest absolute Gasteiger partial charge is 0.435 e. The molecule has 0 spiro atoms. The van der Waals surface area contributed by atoms with Crippen molar-refractivity contribution in [2.45, 2.75) is 20.0 Å². The Balaban J connectivity index is 2.40. The van der Waals surface area contributed by atoms with E-state index in [0.29, 0.717) is 0 Å². The number of carbonyl (C=O) groups excluding carboxylic acids is 1. The van der Waals surface area contributed by atoms with Gasteiger partial charge in [-0.3, -0.25) is 0 Å². The van der Waals surface area contributed by atoms with E-state index in [1.807, 2.05) is 38.1 Å². The average molecular weight is 204 g/mol. The molecule has 0 fully saturated rings. The summed E-state index contributed by atoms with van der Waals surface area (Å²) in [7, 11) is 0. The summed E-state index contributed by atoms with van der Waals surface area (Å²) in [6, 6.07) is 7.51. The fraction of sp³-hybridized carbons (Fsp3) is 0.273. The summed E-state index contributed by atoms with van der Waals surface area (Å²) in [5, 5.41) is 4.92. The van der Waals surface area contributed by atoms with Crippen molar-refractivity contribution in [3.63, 3.8) is 0 Å². The number of ether oxygens (including phenoxy) is 1. The third-order valence-electron chi connectivity index (χ3n) is 1.99. The molecular formula is C11H12N2O2. The van der Waals surface area contributed by atoms with Crippen LogP contribution in [0.25, 0.3) is 10.9 Å². The predicted octanol–water partition coefficient (Wildman–Crippen LogP) is 2.43. The van der Waals surface area contributed by atoms with Crippen LogP contribution in [0.2, 0.25) is 0 Å². The highest BCUT2D eigenvalue weighted by Gasteiger charge is 2.12. The highest BCUT2D eigenvalue weighted by Crippen LogP contribution is 2.13. The minimum Gasteiger partial charge on any atom is -0.445 e. The Kier molecular flexibility index (Phi) is 2.41. The number of nitrogens with zero attached hydrogens (tertiary/aromatic N) is 2. The van der Waals surface area contributed by atoms with Gasteiger partial charge in [-0.1, -0.05) is 18.2 Å². The Labute approximate surface area is 87.5 Å². The third kappa shape index (κ3) is 1.83. The lowest BCUT2D eigenvalue weighted by molar-refractivity contribution is 0.115. The van der Waals surface area contributed by atoms with Gasteiger partial charge in [0.1, 0.15) is 0 Å². The minimum atomic E-state index is -0.439. The highest BCUT2D eigenvalue weighted by atomic mass is 16.6. The second-order valence-corrected chi connectivity index (χ2v) is 3.55. The Morgan fingerprint density at radius 2 is 2.13 bits per heavy atom. The number of fused-ring (bicyclic) bond motifs is 1. The molecule has 0 aliphatic carbocycles. The van der Waals surface area contributed by atoms with Crippen molar-refractivity contribution in [2.24, 2.45) is 0 Å². The van der Waals surface area contributed by atoms with E-state index in [0.717, 1.165) is 10.9 Å². The molecule has 2 rings (SSSR count). The van der Waals surface area contributed by atoms with Gasteiger partial charge in [-0.05, 0) is 19.9 Å². The maximum atomic E-state index is 11.6. The number of benzene rings is 1. The molecule has 0 bridgehead atoms. The van der Waals surface area contributed by atoms with E-state index in [-0.39, 0.29) is 6.10 Å². The van der Waals surface area contributed by atoms with Gasteiger partial charge in [-0.2, -0.15) is 9.78 Å². The molecule has 0 aliphatic rings. The van der Waals surface area contributed by atoms with Crippen LogP contribution < -0.4 is 0 Å². The molecule has 0 N–H and O–H groups in total. The first-order valence-corrected chi connectivity index (χ1v) is 4.82. The molecule has 4 nitrogen and oxygen atoms in total. The van der Waals surface area contributed by atoms with Crippen LogP contribution in [0.4, 0.5) is 4.79 Å². The molecule has 4 heteroatoms. The van der Waals surface area contributed by atoms with Crippen LogP contribution in [0.15, 0.2) is 30.5 Å². The van der Waals surface area contributed by atoms with Gasteiger partial charge in [0.05, 0.1) is 17.8 Å². The van der Waals surface area contributed by atoms with E-state index >= 15 is 0 Å². The lowest BCUT2D eigenvalue weighted by atomic mass is 10.3. The molecule has 0 unspecified atom stereocenters. The number of hydrogen-bond donors (Lipinski definition) is 0. The maximum absolute atomic E-state index is 11.6. The van der Waals surface area contributed by atoms with Crippen LogP contribution in [0.5, 0.6) is 0 Å². The number of rotatable bonds is 1. The second-order valence-electron chi connectivity index (χ2n) is 3.55. The van der Waals surface area contributed by atoms with Crippen molar-refractivity contribution in [3.05, 3.63) is 30.5 Å². The van der Waals surface area contributed by atoms with Crippen molar-refractivity contribution in [1.29, 1.82) is 0 Å². The van der Waals surface area contributed by atoms with Gasteiger partial charge in [0.2, 0.25) is 0 Å². The van der Waals surface area contributed by atoms with Crippen molar-refractivity contribution in [3.8, 4) is 0 Å². The molecule has 0 saturated carbocycles. The second kappa shape index (κ2) is 3.73. The van der Waals surface area contributed by atoms with Crippen LogP contribution in [0.3, 0.4) is 0 Å². The van der Waals surface area contributed by atoms with Crippen LogP contribution in [0, 0.1) is 0 Å². The maximum Gasteiger partial charge on any atom is 0.435 e. The molecule has 2 aromatic rings. The Morgan fingerprint density at radius 1 is 1.40 bits per heavy atom. The van der Waals surface area contributed by atoms with Crippen molar-refractivity contribution >= 4 is 17.0 Å². The normalized spacial score (nSPS) is 10.9. The summed E-state index contributed by atoms with van der Waals surface area (Å²) in [6.07, 6.45) is 1.07. The standard InChI is InChI=1S/C11H12N2O2/c1-8(2)15-11(14)13-10-6-4-3-5-9(10)7-12-13/h3-8H,1-2H3. The number of para-hydroxylation sites is 1. The number of hydrogen-bond acceptors (Lipinski definition) is 3. The van der Waals surface area contributed by atoms with Gasteiger partial charge in [0.15, 0.2) is 0 Å². The van der Waals surface area contributed by atoms with E-state index in [1.165, 1.54) is 4.68 Å². The minimum absolute atomic E-state index is 0.138. The molecule has 1 heterocycles. The monoisotopic (exact) mass is 204 g/mol. The summed E-state index contributed by atoms with van der Waals surface area (Å²) >= 11 is 0. The Morgan fingerprint density at radius 3 is 2.87 bits per heavy atom. The molecule has 15 heavy (non-hydrogen) atoms. The van der Waals surface area contributed by atoms with Crippen molar-refractivity contribution < 1.29 is 9.53 Å². The summed E-state index contributed by atoms with van der Waals surface area (Å²) in [6.45, 7) is 3.62. The van der Waals surface area contributed by atoms with Gasteiger partial charge in [-0.25, -0.2) is 4.79 Å². The fourth-order valence-corrected chi connectivity index (χ4v) is 1.37. The van der Waals surface area contributed by atoms with E-state index in [4.69, 9.17) is 4.74 Å². The van der Waals surface area contributed by atoms with E-state index in [9.17, 15) is 4.79 Å². The van der Waals surface area contributed by atoms with Crippen molar-refractivity contribution in [1.82, 2.24) is 9.78 Å². The predicted molar refractivity (Wildman–Crippen MR) is 56.7 cm³/mol. The molecule has 0 radical (unpaired) electrons. The zero-order valence-corrected chi connectivity index (χ0v) is 8.68. The summed E-state index contributed by atoms with van der Waals surface area (Å²) in [5.74, 6) is 0. The quantitative estimate of drug-likeness (QED) is 0.716. The first-order valence-electron chi connectivity index (χ1n) is 4.82. The SMILES string of the molecule is CC(C)OC(=O)n1ncc2ccccc21. The van der Waals surface area contributed by atoms with Crippen LogP contribution in [-0.2, 0) is 4.74 Å². The zero-order valence-electron chi connectivity index (χ0n) is 8.68. The first-order chi connectivity index (χ1) is 7.18. The molecule has 0 amide bonds. The lowest BCUT2D eigenvalue weighted by Crippen LogP contribution is -2.18. The van der Waals surface area contributed by atoms with Gasteiger partial charge in [-0.15, -0.1) is 0 Å². The van der Waals surface area contributed by atoms with Gasteiger partial charge >= 0.3 is 6.09 Å². The summed E-state index contributed by atoms with van der Waals surface area (Å²) < 4.78 is 6.34. The average Bonchev–Trinajstić information content (AvgIpc) is 2.59. The van der Waals surface area contributed by atoms with E-state index in [2.05, 4.69) is 5.10 Å². The van der Waals surface area contributed by atoms with E-state index < -0.39 is 6.09 Å². The topological polar surface area (TPSA) is 44.1 Å². The molecule has 0 atom stereocenters.